The predicted molar refractivity (Wildman–Crippen MR) is 75.1 cm³/mol. The number of hydrogen-bond acceptors (Lipinski definition) is 1. The molecule has 0 spiro atoms. The molecule has 1 atom stereocenters. The molecule has 1 aliphatic rings. The Labute approximate surface area is 122 Å². The van der Waals surface area contributed by atoms with E-state index >= 15 is 0 Å². The smallest absolute Gasteiger partial charge is 0.175 e. The van der Waals surface area contributed by atoms with Crippen molar-refractivity contribution in [3.8, 4) is 0 Å². The maximum absolute atomic E-state index is 13.6. The second kappa shape index (κ2) is 5.13. The van der Waals surface area contributed by atoms with Crippen molar-refractivity contribution >= 4 is 21.6 Å². The van der Waals surface area contributed by atoms with Crippen molar-refractivity contribution in [2.75, 3.05) is 5.32 Å². The lowest BCUT2D eigenvalue weighted by atomic mass is 9.93. The van der Waals surface area contributed by atoms with Crippen LogP contribution in [0.15, 0.2) is 34.8 Å². The lowest BCUT2D eigenvalue weighted by Gasteiger charge is -2.28. The summed E-state index contributed by atoms with van der Waals surface area (Å²) in [5.41, 5.74) is 2.24. The highest BCUT2D eigenvalue weighted by Crippen LogP contribution is 2.39. The quantitative estimate of drug-likeness (QED) is 0.722. The Kier molecular flexibility index (Phi) is 3.46. The summed E-state index contributed by atoms with van der Waals surface area (Å²) in [6, 6.07) is 7.38. The van der Waals surface area contributed by atoms with Gasteiger partial charge in [0, 0.05) is 0 Å². The molecule has 5 heteroatoms. The molecule has 0 aromatic heterocycles. The van der Waals surface area contributed by atoms with Gasteiger partial charge in [-0.1, -0.05) is 12.1 Å². The summed E-state index contributed by atoms with van der Waals surface area (Å²) in [4.78, 5) is 0. The van der Waals surface area contributed by atoms with Crippen LogP contribution in [-0.2, 0) is 6.42 Å². The van der Waals surface area contributed by atoms with E-state index < -0.39 is 11.6 Å². The zero-order valence-electron chi connectivity index (χ0n) is 10.4. The van der Waals surface area contributed by atoms with E-state index in [2.05, 4.69) is 21.2 Å². The van der Waals surface area contributed by atoms with Crippen molar-refractivity contribution in [2.24, 2.45) is 0 Å². The maximum atomic E-state index is 13.6. The molecule has 1 N–H and O–H groups in total. The summed E-state index contributed by atoms with van der Waals surface area (Å²) in [6.45, 7) is 0. The summed E-state index contributed by atoms with van der Waals surface area (Å²) in [5, 5.41) is 3.19. The van der Waals surface area contributed by atoms with Gasteiger partial charge < -0.3 is 5.32 Å². The molecule has 1 unspecified atom stereocenters. The van der Waals surface area contributed by atoms with E-state index in [4.69, 9.17) is 0 Å². The van der Waals surface area contributed by atoms with Crippen LogP contribution in [0.4, 0.5) is 18.9 Å². The highest BCUT2D eigenvalue weighted by atomic mass is 79.9. The monoisotopic (exact) mass is 341 g/mol. The average Bonchev–Trinajstić information content (AvgIpc) is 2.46. The van der Waals surface area contributed by atoms with Crippen LogP contribution >= 0.6 is 15.9 Å². The van der Waals surface area contributed by atoms with Crippen molar-refractivity contribution in [3.05, 3.63) is 63.4 Å². The Morgan fingerprint density at radius 1 is 1.10 bits per heavy atom. The van der Waals surface area contributed by atoms with Crippen LogP contribution in [-0.4, -0.2) is 0 Å². The molecule has 1 aliphatic heterocycles. The molecule has 0 bridgehead atoms. The topological polar surface area (TPSA) is 12.0 Å². The van der Waals surface area contributed by atoms with Crippen molar-refractivity contribution < 1.29 is 13.2 Å². The van der Waals surface area contributed by atoms with Crippen molar-refractivity contribution in [2.45, 2.75) is 18.9 Å². The molecule has 0 radical (unpaired) electrons. The van der Waals surface area contributed by atoms with Gasteiger partial charge in [0.1, 0.15) is 5.82 Å². The SMILES string of the molecule is Fc1ccc(C2CCc3cc(F)c(F)c(Br)c3N2)cc1. The van der Waals surface area contributed by atoms with E-state index in [1.54, 1.807) is 12.1 Å². The van der Waals surface area contributed by atoms with Crippen LogP contribution in [0.5, 0.6) is 0 Å². The third-order valence-electron chi connectivity index (χ3n) is 3.54. The number of nitrogens with one attached hydrogen (secondary N) is 1. The van der Waals surface area contributed by atoms with E-state index in [9.17, 15) is 13.2 Å². The Balaban J connectivity index is 1.95. The number of aryl methyl sites for hydroxylation is 1. The average molecular weight is 342 g/mol. The fraction of sp³-hybridized carbons (Fsp3) is 0.200. The normalized spacial score (nSPS) is 17.5. The number of fused-ring (bicyclic) bond motifs is 1. The van der Waals surface area contributed by atoms with E-state index in [1.165, 1.54) is 18.2 Å². The summed E-state index contributed by atoms with van der Waals surface area (Å²) < 4.78 is 40.0. The van der Waals surface area contributed by atoms with E-state index in [0.29, 0.717) is 12.1 Å². The van der Waals surface area contributed by atoms with Gasteiger partial charge in [0.2, 0.25) is 0 Å². The molecule has 20 heavy (non-hydrogen) atoms. The van der Waals surface area contributed by atoms with Crippen molar-refractivity contribution in [1.29, 1.82) is 0 Å². The van der Waals surface area contributed by atoms with Gasteiger partial charge in [0.05, 0.1) is 16.2 Å². The molecule has 1 nitrogen and oxygen atoms in total. The third-order valence-corrected chi connectivity index (χ3v) is 4.28. The molecule has 2 aromatic rings. The molecular weight excluding hydrogens is 331 g/mol. The Morgan fingerprint density at radius 3 is 2.50 bits per heavy atom. The van der Waals surface area contributed by atoms with Gasteiger partial charge >= 0.3 is 0 Å². The molecule has 3 rings (SSSR count). The van der Waals surface area contributed by atoms with Crippen LogP contribution in [0, 0.1) is 17.5 Å². The summed E-state index contributed by atoms with van der Waals surface area (Å²) in [7, 11) is 0. The van der Waals surface area contributed by atoms with Gasteiger partial charge in [-0.15, -0.1) is 0 Å². The molecule has 0 fully saturated rings. The van der Waals surface area contributed by atoms with Gasteiger partial charge in [-0.3, -0.25) is 0 Å². The fourth-order valence-corrected chi connectivity index (χ4v) is 3.05. The van der Waals surface area contributed by atoms with Crippen LogP contribution in [0.1, 0.15) is 23.6 Å². The number of anilines is 1. The highest BCUT2D eigenvalue weighted by molar-refractivity contribution is 9.10. The molecule has 0 saturated carbocycles. The highest BCUT2D eigenvalue weighted by Gasteiger charge is 2.24. The van der Waals surface area contributed by atoms with Gasteiger partial charge in [0.15, 0.2) is 11.6 Å². The van der Waals surface area contributed by atoms with Crippen molar-refractivity contribution in [1.82, 2.24) is 0 Å². The summed E-state index contributed by atoms with van der Waals surface area (Å²) in [5.74, 6) is -2.03. The first-order chi connectivity index (χ1) is 9.56. The van der Waals surface area contributed by atoms with Crippen LogP contribution in [0.25, 0.3) is 0 Å². The molecular formula is C15H11BrF3N. The van der Waals surface area contributed by atoms with Gasteiger partial charge in [-0.05, 0) is 58.1 Å². The Morgan fingerprint density at radius 2 is 1.80 bits per heavy atom. The van der Waals surface area contributed by atoms with Gasteiger partial charge in [-0.2, -0.15) is 0 Å². The molecule has 2 aromatic carbocycles. The lowest BCUT2D eigenvalue weighted by Crippen LogP contribution is -2.19. The standard InChI is InChI=1S/C15H11BrF3N/c16-13-14(19)11(18)7-9-3-6-12(20-15(9)13)8-1-4-10(17)5-2-8/h1-2,4-5,7,12,20H,3,6H2. The second-order valence-corrected chi connectivity index (χ2v) is 5.60. The summed E-state index contributed by atoms with van der Waals surface area (Å²) >= 11 is 3.09. The first-order valence-corrected chi connectivity index (χ1v) is 7.04. The number of benzene rings is 2. The minimum Gasteiger partial charge on any atom is -0.377 e. The lowest BCUT2D eigenvalue weighted by molar-refractivity contribution is 0.500. The first-order valence-electron chi connectivity index (χ1n) is 6.24. The molecule has 104 valence electrons. The first kappa shape index (κ1) is 13.5. The molecule has 1 heterocycles. The Bertz CT molecular complexity index is 655. The van der Waals surface area contributed by atoms with Crippen LogP contribution in [0.3, 0.4) is 0 Å². The predicted octanol–water partition coefficient (Wildman–Crippen LogP) is 4.97. The minimum atomic E-state index is -0.893. The zero-order chi connectivity index (χ0) is 14.3. The van der Waals surface area contributed by atoms with Crippen molar-refractivity contribution in [3.63, 3.8) is 0 Å². The van der Waals surface area contributed by atoms with Crippen LogP contribution in [0.2, 0.25) is 0 Å². The largest absolute Gasteiger partial charge is 0.377 e. The number of halogens is 4. The number of rotatable bonds is 1. The second-order valence-electron chi connectivity index (χ2n) is 4.81. The van der Waals surface area contributed by atoms with Crippen LogP contribution < -0.4 is 5.32 Å². The van der Waals surface area contributed by atoms with E-state index in [0.717, 1.165) is 17.5 Å². The zero-order valence-corrected chi connectivity index (χ0v) is 12.0. The number of hydrogen-bond donors (Lipinski definition) is 1. The molecule has 0 aliphatic carbocycles. The molecule has 0 saturated heterocycles. The Hall–Kier alpha value is -1.49. The van der Waals surface area contributed by atoms with Gasteiger partial charge in [0.25, 0.3) is 0 Å². The third kappa shape index (κ3) is 2.30. The minimum absolute atomic E-state index is 0.0377. The van der Waals surface area contributed by atoms with E-state index in [1.807, 2.05) is 0 Å². The van der Waals surface area contributed by atoms with E-state index in [-0.39, 0.29) is 16.3 Å². The van der Waals surface area contributed by atoms with Gasteiger partial charge in [-0.25, -0.2) is 13.2 Å². The summed E-state index contributed by atoms with van der Waals surface area (Å²) in [6.07, 6.45) is 1.39. The molecule has 0 amide bonds. The fourth-order valence-electron chi connectivity index (χ4n) is 2.49. The maximum Gasteiger partial charge on any atom is 0.175 e.